The van der Waals surface area contributed by atoms with Crippen LogP contribution in [0.5, 0.6) is 0 Å². The third-order valence-corrected chi connectivity index (χ3v) is 3.88. The molecule has 1 aliphatic rings. The Labute approximate surface area is 101 Å². The first-order valence-corrected chi connectivity index (χ1v) is 6.68. The Balaban J connectivity index is 2.24. The first kappa shape index (κ1) is 14.0. The molecule has 3 atom stereocenters. The lowest BCUT2D eigenvalue weighted by Crippen LogP contribution is -2.45. The number of ether oxygens (including phenoxy) is 1. The minimum absolute atomic E-state index is 0.260. The lowest BCUT2D eigenvalue weighted by Gasteiger charge is -2.42. The molecule has 0 spiro atoms. The molecule has 96 valence electrons. The number of hydrogen-bond acceptors (Lipinski definition) is 2. The number of hydrogen-bond donors (Lipinski definition) is 1. The molecule has 1 N–H and O–H groups in total. The number of rotatable bonds is 6. The highest BCUT2D eigenvalue weighted by atomic mass is 16.5. The zero-order valence-electron chi connectivity index (χ0n) is 11.7. The first-order valence-electron chi connectivity index (χ1n) is 6.68. The van der Waals surface area contributed by atoms with Crippen molar-refractivity contribution in [3.8, 4) is 0 Å². The second kappa shape index (κ2) is 6.02. The molecule has 0 saturated heterocycles. The molecule has 0 radical (unpaired) electrons. The van der Waals surface area contributed by atoms with Crippen molar-refractivity contribution in [3.05, 3.63) is 0 Å². The zero-order valence-corrected chi connectivity index (χ0v) is 11.7. The smallest absolute Gasteiger partial charge is 0.0464 e. The minimum Gasteiger partial charge on any atom is -0.385 e. The van der Waals surface area contributed by atoms with E-state index in [0.29, 0.717) is 0 Å². The van der Waals surface area contributed by atoms with Crippen molar-refractivity contribution < 1.29 is 4.74 Å². The van der Waals surface area contributed by atoms with E-state index in [-0.39, 0.29) is 5.54 Å². The maximum atomic E-state index is 5.17. The molecule has 0 amide bonds. The maximum Gasteiger partial charge on any atom is 0.0464 e. The van der Waals surface area contributed by atoms with E-state index in [0.717, 1.165) is 24.4 Å². The SMILES string of the molecule is COCCC(C)C1CCC1CNC(C)(C)C. The Kier molecular flexibility index (Phi) is 5.26. The monoisotopic (exact) mass is 227 g/mol. The van der Waals surface area contributed by atoms with Gasteiger partial charge in [0.1, 0.15) is 0 Å². The van der Waals surface area contributed by atoms with Gasteiger partial charge in [-0.1, -0.05) is 6.92 Å². The lowest BCUT2D eigenvalue weighted by atomic mass is 9.66. The van der Waals surface area contributed by atoms with Gasteiger partial charge < -0.3 is 10.1 Å². The second-order valence-corrected chi connectivity index (χ2v) is 6.39. The molecule has 0 heterocycles. The molecule has 0 aromatic heterocycles. The quantitative estimate of drug-likeness (QED) is 0.753. The van der Waals surface area contributed by atoms with Crippen LogP contribution in [0.15, 0.2) is 0 Å². The van der Waals surface area contributed by atoms with E-state index >= 15 is 0 Å². The van der Waals surface area contributed by atoms with Crippen LogP contribution < -0.4 is 5.32 Å². The van der Waals surface area contributed by atoms with Crippen molar-refractivity contribution >= 4 is 0 Å². The summed E-state index contributed by atoms with van der Waals surface area (Å²) in [6, 6.07) is 0. The van der Waals surface area contributed by atoms with E-state index in [2.05, 4.69) is 33.0 Å². The predicted octanol–water partition coefficient (Wildman–Crippen LogP) is 3.07. The standard InChI is InChI=1S/C14H29NO/c1-11(8-9-16-5)13-7-6-12(13)10-15-14(2,3)4/h11-13,15H,6-10H2,1-5H3. The number of nitrogens with one attached hydrogen (secondary N) is 1. The van der Waals surface area contributed by atoms with Gasteiger partial charge in [-0.2, -0.15) is 0 Å². The summed E-state index contributed by atoms with van der Waals surface area (Å²) in [7, 11) is 1.80. The van der Waals surface area contributed by atoms with Crippen molar-refractivity contribution in [3.63, 3.8) is 0 Å². The summed E-state index contributed by atoms with van der Waals surface area (Å²) in [5.74, 6) is 2.64. The van der Waals surface area contributed by atoms with Gasteiger partial charge in [0, 0.05) is 19.3 Å². The molecule has 0 bridgehead atoms. The van der Waals surface area contributed by atoms with E-state index < -0.39 is 0 Å². The van der Waals surface area contributed by atoms with Crippen LogP contribution in [0.4, 0.5) is 0 Å². The van der Waals surface area contributed by atoms with Crippen molar-refractivity contribution in [1.29, 1.82) is 0 Å². The van der Waals surface area contributed by atoms with Crippen LogP contribution in [0.1, 0.15) is 47.0 Å². The van der Waals surface area contributed by atoms with E-state index in [1.165, 1.54) is 25.8 Å². The van der Waals surface area contributed by atoms with Crippen LogP contribution >= 0.6 is 0 Å². The Morgan fingerprint density at radius 3 is 2.44 bits per heavy atom. The van der Waals surface area contributed by atoms with Gasteiger partial charge in [-0.05, 0) is 64.3 Å². The van der Waals surface area contributed by atoms with Gasteiger partial charge in [0.2, 0.25) is 0 Å². The highest BCUT2D eigenvalue weighted by Crippen LogP contribution is 2.40. The van der Waals surface area contributed by atoms with Crippen LogP contribution in [-0.4, -0.2) is 25.8 Å². The second-order valence-electron chi connectivity index (χ2n) is 6.39. The summed E-state index contributed by atoms with van der Waals surface area (Å²) in [5, 5.41) is 3.63. The molecule has 1 rings (SSSR count). The fourth-order valence-corrected chi connectivity index (χ4v) is 2.55. The molecular weight excluding hydrogens is 198 g/mol. The largest absolute Gasteiger partial charge is 0.385 e. The van der Waals surface area contributed by atoms with Crippen molar-refractivity contribution in [1.82, 2.24) is 5.32 Å². The van der Waals surface area contributed by atoms with Gasteiger partial charge in [0.15, 0.2) is 0 Å². The molecule has 1 fully saturated rings. The minimum atomic E-state index is 0.260. The normalized spacial score (nSPS) is 27.6. The average Bonchev–Trinajstić information content (AvgIpc) is 2.11. The van der Waals surface area contributed by atoms with Crippen LogP contribution in [0.3, 0.4) is 0 Å². The van der Waals surface area contributed by atoms with Gasteiger partial charge in [-0.3, -0.25) is 0 Å². The highest BCUT2D eigenvalue weighted by Gasteiger charge is 2.34. The van der Waals surface area contributed by atoms with Crippen LogP contribution in [-0.2, 0) is 4.74 Å². The van der Waals surface area contributed by atoms with Gasteiger partial charge in [-0.25, -0.2) is 0 Å². The van der Waals surface area contributed by atoms with Crippen LogP contribution in [0.2, 0.25) is 0 Å². The zero-order chi connectivity index (χ0) is 12.2. The van der Waals surface area contributed by atoms with Gasteiger partial charge in [0.05, 0.1) is 0 Å². The third kappa shape index (κ3) is 4.42. The average molecular weight is 227 g/mol. The Morgan fingerprint density at radius 1 is 1.31 bits per heavy atom. The van der Waals surface area contributed by atoms with Crippen molar-refractivity contribution in [2.24, 2.45) is 17.8 Å². The van der Waals surface area contributed by atoms with Gasteiger partial charge in [-0.15, -0.1) is 0 Å². The Hall–Kier alpha value is -0.0800. The Bertz CT molecular complexity index is 197. The first-order chi connectivity index (χ1) is 7.44. The van der Waals surface area contributed by atoms with Crippen LogP contribution in [0, 0.1) is 17.8 Å². The van der Waals surface area contributed by atoms with Crippen molar-refractivity contribution in [2.45, 2.75) is 52.5 Å². The van der Waals surface area contributed by atoms with Crippen LogP contribution in [0.25, 0.3) is 0 Å². The van der Waals surface area contributed by atoms with E-state index in [9.17, 15) is 0 Å². The molecule has 1 saturated carbocycles. The summed E-state index contributed by atoms with van der Waals surface area (Å²) in [6.45, 7) is 11.2. The molecule has 1 aliphatic carbocycles. The number of methoxy groups -OCH3 is 1. The molecule has 2 heteroatoms. The molecule has 2 nitrogen and oxygen atoms in total. The predicted molar refractivity (Wildman–Crippen MR) is 69.6 cm³/mol. The summed E-state index contributed by atoms with van der Waals surface area (Å²) < 4.78 is 5.17. The topological polar surface area (TPSA) is 21.3 Å². The molecule has 3 unspecified atom stereocenters. The van der Waals surface area contributed by atoms with E-state index in [4.69, 9.17) is 4.74 Å². The fourth-order valence-electron chi connectivity index (χ4n) is 2.55. The fraction of sp³-hybridized carbons (Fsp3) is 1.00. The molecule has 0 aromatic rings. The summed E-state index contributed by atoms with van der Waals surface area (Å²) in [6.07, 6.45) is 4.04. The summed E-state index contributed by atoms with van der Waals surface area (Å²) >= 11 is 0. The van der Waals surface area contributed by atoms with Gasteiger partial charge >= 0.3 is 0 Å². The van der Waals surface area contributed by atoms with Crippen molar-refractivity contribution in [2.75, 3.05) is 20.3 Å². The summed E-state index contributed by atoms with van der Waals surface area (Å²) in [4.78, 5) is 0. The maximum absolute atomic E-state index is 5.17. The van der Waals surface area contributed by atoms with Gasteiger partial charge in [0.25, 0.3) is 0 Å². The van der Waals surface area contributed by atoms with E-state index in [1.54, 1.807) is 7.11 Å². The van der Waals surface area contributed by atoms with E-state index in [1.807, 2.05) is 0 Å². The Morgan fingerprint density at radius 2 is 2.00 bits per heavy atom. The molecule has 0 aromatic carbocycles. The summed E-state index contributed by atoms with van der Waals surface area (Å²) in [5.41, 5.74) is 0.260. The highest BCUT2D eigenvalue weighted by molar-refractivity contribution is 4.87. The lowest BCUT2D eigenvalue weighted by molar-refractivity contribution is 0.0792. The molecule has 16 heavy (non-hydrogen) atoms. The molecule has 0 aliphatic heterocycles. The third-order valence-electron chi connectivity index (χ3n) is 3.88. The molecular formula is C14H29NO.